The lowest BCUT2D eigenvalue weighted by atomic mass is 10.3. The van der Waals surface area contributed by atoms with E-state index in [9.17, 15) is 14.4 Å². The van der Waals surface area contributed by atoms with Gasteiger partial charge in [-0.05, 0) is 0 Å². The molecule has 0 rings (SSSR count). The molecule has 0 saturated carbocycles. The van der Waals surface area contributed by atoms with Crippen LogP contribution in [-0.4, -0.2) is 38.4 Å². The van der Waals surface area contributed by atoms with Gasteiger partial charge in [-0.1, -0.05) is 0 Å². The van der Waals surface area contributed by atoms with Crippen LogP contribution in [0.25, 0.3) is 0 Å². The number of carbonyl (C=O) groups is 3. The number of hydrogen-bond donors (Lipinski definition) is 0. The SMILES string of the molecule is COC(=O)C(CC=O)OCC=O. The third-order valence-corrected chi connectivity index (χ3v) is 1.14. The van der Waals surface area contributed by atoms with E-state index in [1.54, 1.807) is 0 Å². The highest BCUT2D eigenvalue weighted by Gasteiger charge is 2.18. The van der Waals surface area contributed by atoms with Crippen LogP contribution in [0.2, 0.25) is 0 Å². The molecule has 0 radical (unpaired) electrons. The minimum absolute atomic E-state index is 0.0967. The standard InChI is InChI=1S/C7H10O5/c1-11-7(10)6(2-3-8)12-5-4-9/h3-4,6H,2,5H2,1H3. The smallest absolute Gasteiger partial charge is 0.335 e. The molecule has 0 aliphatic rings. The maximum atomic E-state index is 10.8. The molecule has 5 nitrogen and oxygen atoms in total. The summed E-state index contributed by atoms with van der Waals surface area (Å²) in [6.07, 6.45) is -0.0223. The minimum atomic E-state index is -0.960. The number of methoxy groups -OCH3 is 1. The van der Waals surface area contributed by atoms with Gasteiger partial charge in [0.1, 0.15) is 19.2 Å². The lowest BCUT2D eigenvalue weighted by molar-refractivity contribution is -0.155. The Hall–Kier alpha value is -1.23. The van der Waals surface area contributed by atoms with Gasteiger partial charge in [-0.3, -0.25) is 0 Å². The second kappa shape index (κ2) is 6.48. The molecule has 5 heteroatoms. The maximum Gasteiger partial charge on any atom is 0.335 e. The Labute approximate surface area is 69.6 Å². The van der Waals surface area contributed by atoms with Crippen molar-refractivity contribution in [2.45, 2.75) is 12.5 Å². The molecule has 1 atom stereocenters. The first kappa shape index (κ1) is 10.8. The van der Waals surface area contributed by atoms with Crippen molar-refractivity contribution >= 4 is 18.5 Å². The van der Waals surface area contributed by atoms with Crippen LogP contribution in [0.1, 0.15) is 6.42 Å². The van der Waals surface area contributed by atoms with Crippen molar-refractivity contribution < 1.29 is 23.9 Å². The number of hydrogen-bond acceptors (Lipinski definition) is 5. The van der Waals surface area contributed by atoms with Gasteiger partial charge in [-0.2, -0.15) is 0 Å². The van der Waals surface area contributed by atoms with Gasteiger partial charge in [-0.25, -0.2) is 4.79 Å². The first-order valence-electron chi connectivity index (χ1n) is 3.33. The molecule has 0 heterocycles. The fourth-order valence-corrected chi connectivity index (χ4v) is 0.607. The fourth-order valence-electron chi connectivity index (χ4n) is 0.607. The molecule has 12 heavy (non-hydrogen) atoms. The number of aldehydes is 2. The summed E-state index contributed by atoms with van der Waals surface area (Å²) in [5.74, 6) is -0.649. The van der Waals surface area contributed by atoms with Crippen molar-refractivity contribution in [2.24, 2.45) is 0 Å². The number of ether oxygens (including phenoxy) is 2. The second-order valence-corrected chi connectivity index (χ2v) is 1.91. The zero-order valence-corrected chi connectivity index (χ0v) is 6.69. The first-order valence-corrected chi connectivity index (χ1v) is 3.33. The molecule has 0 spiro atoms. The Balaban J connectivity index is 3.92. The van der Waals surface area contributed by atoms with Crippen LogP contribution < -0.4 is 0 Å². The van der Waals surface area contributed by atoms with E-state index in [1.165, 1.54) is 7.11 Å². The Bertz CT molecular complexity index is 165. The molecular weight excluding hydrogens is 164 g/mol. The van der Waals surface area contributed by atoms with E-state index in [1.807, 2.05) is 0 Å². The van der Waals surface area contributed by atoms with Crippen molar-refractivity contribution in [3.63, 3.8) is 0 Å². The van der Waals surface area contributed by atoms with E-state index in [0.29, 0.717) is 12.6 Å². The van der Waals surface area contributed by atoms with Gasteiger partial charge in [0.25, 0.3) is 0 Å². The van der Waals surface area contributed by atoms with E-state index >= 15 is 0 Å². The molecule has 68 valence electrons. The highest BCUT2D eigenvalue weighted by molar-refractivity contribution is 5.77. The lowest BCUT2D eigenvalue weighted by Gasteiger charge is -2.09. The third-order valence-electron chi connectivity index (χ3n) is 1.14. The number of carbonyl (C=O) groups excluding carboxylic acids is 3. The molecular formula is C7H10O5. The maximum absolute atomic E-state index is 10.8. The summed E-state index contributed by atoms with van der Waals surface area (Å²) in [5, 5.41) is 0. The molecule has 0 N–H and O–H groups in total. The van der Waals surface area contributed by atoms with E-state index in [-0.39, 0.29) is 13.0 Å². The second-order valence-electron chi connectivity index (χ2n) is 1.91. The van der Waals surface area contributed by atoms with Crippen LogP contribution in [0, 0.1) is 0 Å². The van der Waals surface area contributed by atoms with Crippen molar-refractivity contribution in [1.29, 1.82) is 0 Å². The zero-order chi connectivity index (χ0) is 9.40. The highest BCUT2D eigenvalue weighted by atomic mass is 16.6. The summed E-state index contributed by atoms with van der Waals surface area (Å²) in [7, 11) is 1.18. The fraction of sp³-hybridized carbons (Fsp3) is 0.571. The summed E-state index contributed by atoms with van der Waals surface area (Å²) in [6.45, 7) is -0.215. The van der Waals surface area contributed by atoms with Crippen molar-refractivity contribution in [3.05, 3.63) is 0 Å². The van der Waals surface area contributed by atoms with Gasteiger partial charge in [0.2, 0.25) is 0 Å². The lowest BCUT2D eigenvalue weighted by Crippen LogP contribution is -2.26. The van der Waals surface area contributed by atoms with Crippen LogP contribution in [0.3, 0.4) is 0 Å². The highest BCUT2D eigenvalue weighted by Crippen LogP contribution is 1.97. The minimum Gasteiger partial charge on any atom is -0.467 e. The summed E-state index contributed by atoms with van der Waals surface area (Å²) in [4.78, 5) is 30.7. The number of esters is 1. The van der Waals surface area contributed by atoms with Gasteiger partial charge in [0.15, 0.2) is 6.10 Å². The van der Waals surface area contributed by atoms with Crippen LogP contribution in [-0.2, 0) is 23.9 Å². The quantitative estimate of drug-likeness (QED) is 0.394. The Morgan fingerprint density at radius 3 is 2.50 bits per heavy atom. The van der Waals surface area contributed by atoms with Crippen molar-refractivity contribution in [1.82, 2.24) is 0 Å². The van der Waals surface area contributed by atoms with Crippen LogP contribution in [0.5, 0.6) is 0 Å². The molecule has 0 aliphatic carbocycles. The first-order chi connectivity index (χ1) is 5.76. The normalized spacial score (nSPS) is 11.8. The summed E-state index contributed by atoms with van der Waals surface area (Å²) in [5.41, 5.74) is 0. The van der Waals surface area contributed by atoms with E-state index in [4.69, 9.17) is 4.74 Å². The number of rotatable bonds is 6. The molecule has 0 aromatic heterocycles. The van der Waals surface area contributed by atoms with Crippen LogP contribution in [0.15, 0.2) is 0 Å². The molecule has 0 aromatic carbocycles. The molecule has 0 fully saturated rings. The van der Waals surface area contributed by atoms with Crippen LogP contribution >= 0.6 is 0 Å². The molecule has 0 aliphatic heterocycles. The molecule has 0 bridgehead atoms. The Kier molecular flexibility index (Phi) is 5.81. The van der Waals surface area contributed by atoms with Crippen molar-refractivity contribution in [3.8, 4) is 0 Å². The van der Waals surface area contributed by atoms with E-state index in [2.05, 4.69) is 4.74 Å². The average molecular weight is 174 g/mol. The predicted molar refractivity (Wildman–Crippen MR) is 38.5 cm³/mol. The summed E-state index contributed by atoms with van der Waals surface area (Å²) < 4.78 is 9.03. The average Bonchev–Trinajstić information content (AvgIpc) is 2.11. The monoisotopic (exact) mass is 174 g/mol. The summed E-state index contributed by atoms with van der Waals surface area (Å²) >= 11 is 0. The van der Waals surface area contributed by atoms with Gasteiger partial charge < -0.3 is 19.1 Å². The molecule has 0 saturated heterocycles. The van der Waals surface area contributed by atoms with Gasteiger partial charge in [-0.15, -0.1) is 0 Å². The van der Waals surface area contributed by atoms with Crippen molar-refractivity contribution in [2.75, 3.05) is 13.7 Å². The van der Waals surface area contributed by atoms with E-state index < -0.39 is 12.1 Å². The van der Waals surface area contributed by atoms with Gasteiger partial charge in [0, 0.05) is 6.42 Å². The largest absolute Gasteiger partial charge is 0.467 e. The molecule has 1 unspecified atom stereocenters. The Morgan fingerprint density at radius 2 is 2.08 bits per heavy atom. The predicted octanol–water partition coefficient (Wildman–Crippen LogP) is -0.668. The molecule has 0 aromatic rings. The molecule has 0 amide bonds. The zero-order valence-electron chi connectivity index (χ0n) is 6.69. The summed E-state index contributed by atoms with van der Waals surface area (Å²) in [6, 6.07) is 0. The van der Waals surface area contributed by atoms with Gasteiger partial charge in [0.05, 0.1) is 7.11 Å². The van der Waals surface area contributed by atoms with E-state index in [0.717, 1.165) is 0 Å². The third kappa shape index (κ3) is 3.82. The topological polar surface area (TPSA) is 69.7 Å². The van der Waals surface area contributed by atoms with Gasteiger partial charge >= 0.3 is 5.97 Å². The Morgan fingerprint density at radius 1 is 1.42 bits per heavy atom. The van der Waals surface area contributed by atoms with Crippen LogP contribution in [0.4, 0.5) is 0 Å².